The lowest BCUT2D eigenvalue weighted by molar-refractivity contribution is 0.0917. The van der Waals surface area contributed by atoms with Crippen molar-refractivity contribution in [2.75, 3.05) is 24.5 Å². The topological polar surface area (TPSA) is 95.0 Å². The van der Waals surface area contributed by atoms with Gasteiger partial charge in [0.25, 0.3) is 5.91 Å². The van der Waals surface area contributed by atoms with E-state index in [0.29, 0.717) is 29.7 Å². The van der Waals surface area contributed by atoms with Crippen LogP contribution < -0.4 is 10.2 Å². The zero-order valence-corrected chi connectivity index (χ0v) is 12.6. The van der Waals surface area contributed by atoms with Gasteiger partial charge in [0.2, 0.25) is 0 Å². The van der Waals surface area contributed by atoms with Crippen molar-refractivity contribution in [1.82, 2.24) is 15.3 Å². The van der Waals surface area contributed by atoms with E-state index in [9.17, 15) is 4.79 Å². The number of amides is 1. The predicted molar refractivity (Wildman–Crippen MR) is 82.7 cm³/mol. The second-order valence-corrected chi connectivity index (χ2v) is 5.46. The van der Waals surface area contributed by atoms with Crippen LogP contribution in [0.4, 0.5) is 5.82 Å². The Morgan fingerprint density at radius 1 is 1.39 bits per heavy atom. The zero-order chi connectivity index (χ0) is 16.1. The number of nitriles is 1. The first-order valence-corrected chi connectivity index (χ1v) is 7.55. The normalized spacial score (nSPS) is 15.2. The molecule has 3 rings (SSSR count). The number of piperidine rings is 1. The lowest BCUT2D eigenvalue weighted by Gasteiger charge is -2.32. The molecule has 1 amide bonds. The molecule has 0 bridgehead atoms. The van der Waals surface area contributed by atoms with Crippen LogP contribution in [0.5, 0.6) is 0 Å². The van der Waals surface area contributed by atoms with Gasteiger partial charge in [-0.05, 0) is 30.9 Å². The number of aromatic nitrogens is 2. The Hall–Kier alpha value is -2.88. The minimum absolute atomic E-state index is 0.182. The molecule has 118 valence electrons. The molecule has 7 nitrogen and oxygen atoms in total. The maximum Gasteiger partial charge on any atom is 0.286 e. The molecule has 1 aliphatic rings. The quantitative estimate of drug-likeness (QED) is 0.921. The summed E-state index contributed by atoms with van der Waals surface area (Å²) >= 11 is 0. The molecule has 7 heteroatoms. The second-order valence-electron chi connectivity index (χ2n) is 5.46. The smallest absolute Gasteiger partial charge is 0.286 e. The van der Waals surface area contributed by atoms with E-state index in [1.807, 2.05) is 0 Å². The highest BCUT2D eigenvalue weighted by Crippen LogP contribution is 2.22. The number of anilines is 1. The van der Waals surface area contributed by atoms with Gasteiger partial charge in [0.1, 0.15) is 6.07 Å². The summed E-state index contributed by atoms with van der Waals surface area (Å²) in [6.45, 7) is 2.22. The lowest BCUT2D eigenvalue weighted by Crippen LogP contribution is -2.39. The van der Waals surface area contributed by atoms with Gasteiger partial charge in [0.05, 0.1) is 6.26 Å². The molecule has 0 saturated carbocycles. The minimum atomic E-state index is -0.182. The van der Waals surface area contributed by atoms with Crippen LogP contribution in [0.25, 0.3) is 0 Å². The summed E-state index contributed by atoms with van der Waals surface area (Å²) in [6.07, 6.45) is 6.48. The van der Waals surface area contributed by atoms with Gasteiger partial charge in [0, 0.05) is 32.0 Å². The fourth-order valence-corrected chi connectivity index (χ4v) is 2.72. The molecule has 0 aromatic carbocycles. The lowest BCUT2D eigenvalue weighted by atomic mass is 9.96. The summed E-state index contributed by atoms with van der Waals surface area (Å²) in [6, 6.07) is 5.42. The molecule has 1 fully saturated rings. The van der Waals surface area contributed by atoms with Gasteiger partial charge in [-0.25, -0.2) is 9.97 Å². The van der Waals surface area contributed by atoms with Crippen molar-refractivity contribution in [1.29, 1.82) is 5.26 Å². The van der Waals surface area contributed by atoms with E-state index in [4.69, 9.17) is 9.68 Å². The number of nitrogens with zero attached hydrogens (tertiary/aromatic N) is 4. The maximum absolute atomic E-state index is 11.8. The monoisotopic (exact) mass is 311 g/mol. The van der Waals surface area contributed by atoms with Crippen molar-refractivity contribution < 1.29 is 9.21 Å². The van der Waals surface area contributed by atoms with Crippen molar-refractivity contribution in [3.63, 3.8) is 0 Å². The predicted octanol–water partition coefficient (Wildman–Crippen LogP) is 1.59. The summed E-state index contributed by atoms with van der Waals surface area (Å²) < 4.78 is 5.07. The molecule has 2 aromatic heterocycles. The van der Waals surface area contributed by atoms with Crippen LogP contribution in [-0.4, -0.2) is 35.5 Å². The van der Waals surface area contributed by atoms with Crippen molar-refractivity contribution in [2.45, 2.75) is 12.8 Å². The Balaban J connectivity index is 1.51. The summed E-state index contributed by atoms with van der Waals surface area (Å²) in [7, 11) is 0. The van der Waals surface area contributed by atoms with Crippen molar-refractivity contribution in [3.8, 4) is 6.07 Å². The van der Waals surface area contributed by atoms with Gasteiger partial charge in [-0.3, -0.25) is 4.79 Å². The van der Waals surface area contributed by atoms with Gasteiger partial charge in [-0.1, -0.05) is 0 Å². The number of furan rings is 1. The molecule has 1 aliphatic heterocycles. The Morgan fingerprint density at radius 3 is 2.87 bits per heavy atom. The molecule has 1 saturated heterocycles. The first kappa shape index (κ1) is 15.0. The van der Waals surface area contributed by atoms with E-state index in [0.717, 1.165) is 25.9 Å². The van der Waals surface area contributed by atoms with Gasteiger partial charge in [-0.15, -0.1) is 0 Å². The third kappa shape index (κ3) is 3.48. The van der Waals surface area contributed by atoms with Crippen LogP contribution in [0.2, 0.25) is 0 Å². The summed E-state index contributed by atoms with van der Waals surface area (Å²) in [4.78, 5) is 22.2. The molecule has 2 aromatic rings. The maximum atomic E-state index is 11.8. The van der Waals surface area contributed by atoms with Crippen LogP contribution in [-0.2, 0) is 0 Å². The fourth-order valence-electron chi connectivity index (χ4n) is 2.72. The van der Waals surface area contributed by atoms with Crippen molar-refractivity contribution >= 4 is 11.7 Å². The Labute approximate surface area is 133 Å². The Kier molecular flexibility index (Phi) is 4.52. The molecule has 0 aliphatic carbocycles. The molecular weight excluding hydrogens is 294 g/mol. The summed E-state index contributed by atoms with van der Waals surface area (Å²) in [5, 5.41) is 12.0. The highest BCUT2D eigenvalue weighted by atomic mass is 16.3. The number of rotatable bonds is 4. The van der Waals surface area contributed by atoms with Crippen LogP contribution in [0, 0.1) is 17.2 Å². The van der Waals surface area contributed by atoms with Gasteiger partial charge in [-0.2, -0.15) is 5.26 Å². The molecule has 0 atom stereocenters. The molecule has 0 unspecified atom stereocenters. The molecule has 0 radical (unpaired) electrons. The second kappa shape index (κ2) is 6.92. The van der Waals surface area contributed by atoms with Gasteiger partial charge in [0.15, 0.2) is 17.3 Å². The SMILES string of the molecule is N#Cc1nccnc1N1CCC(CNC(=O)c2ccco2)CC1. The molecule has 23 heavy (non-hydrogen) atoms. The molecular formula is C16H17N5O2. The Morgan fingerprint density at radius 2 is 2.17 bits per heavy atom. The van der Waals surface area contributed by atoms with Gasteiger partial charge >= 0.3 is 0 Å². The minimum Gasteiger partial charge on any atom is -0.459 e. The van der Waals surface area contributed by atoms with E-state index in [2.05, 4.69) is 26.3 Å². The highest BCUT2D eigenvalue weighted by molar-refractivity contribution is 5.91. The largest absolute Gasteiger partial charge is 0.459 e. The standard InChI is InChI=1S/C16H17N5O2/c17-10-13-15(19-6-5-18-13)21-7-3-12(4-8-21)11-20-16(22)14-2-1-9-23-14/h1-2,5-6,9,12H,3-4,7-8,11H2,(H,20,22). The van der Waals surface area contributed by atoms with E-state index in [1.165, 1.54) is 12.5 Å². The summed E-state index contributed by atoms with van der Waals surface area (Å²) in [5.41, 5.74) is 0.358. The average molecular weight is 311 g/mol. The molecule has 0 spiro atoms. The van der Waals surface area contributed by atoms with Gasteiger partial charge < -0.3 is 14.6 Å². The first-order valence-electron chi connectivity index (χ1n) is 7.55. The third-order valence-electron chi connectivity index (χ3n) is 4.00. The fraction of sp³-hybridized carbons (Fsp3) is 0.375. The third-order valence-corrected chi connectivity index (χ3v) is 4.00. The van der Waals surface area contributed by atoms with Crippen LogP contribution in [0.15, 0.2) is 35.2 Å². The van der Waals surface area contributed by atoms with E-state index >= 15 is 0 Å². The van der Waals surface area contributed by atoms with Crippen LogP contribution >= 0.6 is 0 Å². The summed E-state index contributed by atoms with van der Waals surface area (Å²) in [5.74, 6) is 1.21. The molecule has 1 N–H and O–H groups in total. The van der Waals surface area contributed by atoms with Crippen molar-refractivity contribution in [3.05, 3.63) is 42.2 Å². The number of carbonyl (C=O) groups excluding carboxylic acids is 1. The van der Waals surface area contributed by atoms with E-state index in [-0.39, 0.29) is 5.91 Å². The number of hydrogen-bond acceptors (Lipinski definition) is 6. The number of hydrogen-bond donors (Lipinski definition) is 1. The van der Waals surface area contributed by atoms with Crippen LogP contribution in [0.3, 0.4) is 0 Å². The van der Waals surface area contributed by atoms with Crippen molar-refractivity contribution in [2.24, 2.45) is 5.92 Å². The number of nitrogens with one attached hydrogen (secondary N) is 1. The highest BCUT2D eigenvalue weighted by Gasteiger charge is 2.23. The Bertz CT molecular complexity index is 700. The average Bonchev–Trinajstić information content (AvgIpc) is 3.15. The zero-order valence-electron chi connectivity index (χ0n) is 12.6. The number of carbonyl (C=O) groups is 1. The molecule has 3 heterocycles. The van der Waals surface area contributed by atoms with E-state index in [1.54, 1.807) is 18.3 Å². The van der Waals surface area contributed by atoms with Crippen LogP contribution in [0.1, 0.15) is 29.1 Å². The first-order chi connectivity index (χ1) is 11.3. The van der Waals surface area contributed by atoms with E-state index < -0.39 is 0 Å².